The van der Waals surface area contributed by atoms with Crippen LogP contribution in [0.4, 0.5) is 0 Å². The number of carbonyl (C=O) groups excluding carboxylic acids is 1. The SMILES string of the molecule is N#Cc1cccc(C(=O)NCC(=O)O)c1. The average molecular weight is 204 g/mol. The van der Waals surface area contributed by atoms with Crippen LogP contribution in [0.5, 0.6) is 0 Å². The van der Waals surface area contributed by atoms with Crippen molar-refractivity contribution in [2.75, 3.05) is 6.54 Å². The van der Waals surface area contributed by atoms with Gasteiger partial charge in [-0.05, 0) is 18.2 Å². The molecule has 0 radical (unpaired) electrons. The maximum absolute atomic E-state index is 11.3. The molecule has 1 aromatic rings. The molecule has 1 aromatic carbocycles. The number of amides is 1. The van der Waals surface area contributed by atoms with Crippen LogP contribution in [0.25, 0.3) is 0 Å². The van der Waals surface area contributed by atoms with Gasteiger partial charge in [-0.15, -0.1) is 0 Å². The topological polar surface area (TPSA) is 90.2 Å². The van der Waals surface area contributed by atoms with Gasteiger partial charge in [-0.25, -0.2) is 0 Å². The molecule has 0 atom stereocenters. The molecule has 0 spiro atoms. The second-order valence-corrected chi connectivity index (χ2v) is 2.77. The maximum atomic E-state index is 11.3. The molecule has 15 heavy (non-hydrogen) atoms. The van der Waals surface area contributed by atoms with Gasteiger partial charge in [0.2, 0.25) is 0 Å². The fraction of sp³-hybridized carbons (Fsp3) is 0.100. The minimum Gasteiger partial charge on any atom is -0.480 e. The lowest BCUT2D eigenvalue weighted by molar-refractivity contribution is -0.135. The summed E-state index contributed by atoms with van der Waals surface area (Å²) < 4.78 is 0. The smallest absolute Gasteiger partial charge is 0.322 e. The number of carboxylic acid groups (broad SMARTS) is 1. The van der Waals surface area contributed by atoms with Crippen LogP contribution in [0.2, 0.25) is 0 Å². The van der Waals surface area contributed by atoms with Gasteiger partial charge < -0.3 is 10.4 Å². The number of nitriles is 1. The molecule has 0 aromatic heterocycles. The van der Waals surface area contributed by atoms with Crippen molar-refractivity contribution in [1.82, 2.24) is 5.32 Å². The van der Waals surface area contributed by atoms with E-state index < -0.39 is 18.4 Å². The van der Waals surface area contributed by atoms with Crippen molar-refractivity contribution in [2.45, 2.75) is 0 Å². The molecule has 0 saturated carbocycles. The van der Waals surface area contributed by atoms with E-state index in [-0.39, 0.29) is 5.56 Å². The van der Waals surface area contributed by atoms with Gasteiger partial charge in [-0.3, -0.25) is 9.59 Å². The quantitative estimate of drug-likeness (QED) is 0.744. The third-order valence-electron chi connectivity index (χ3n) is 1.65. The summed E-state index contributed by atoms with van der Waals surface area (Å²) in [4.78, 5) is 21.5. The molecule has 1 rings (SSSR count). The predicted molar refractivity (Wildman–Crippen MR) is 51.1 cm³/mol. The number of aliphatic carboxylic acids is 1. The lowest BCUT2D eigenvalue weighted by atomic mass is 10.1. The van der Waals surface area contributed by atoms with E-state index in [0.29, 0.717) is 5.56 Å². The van der Waals surface area contributed by atoms with E-state index in [4.69, 9.17) is 10.4 Å². The summed E-state index contributed by atoms with van der Waals surface area (Å²) in [6.07, 6.45) is 0. The number of nitrogens with zero attached hydrogens (tertiary/aromatic N) is 1. The van der Waals surface area contributed by atoms with Crippen LogP contribution >= 0.6 is 0 Å². The predicted octanol–water partition coefficient (Wildman–Crippen LogP) is 0.373. The molecule has 0 heterocycles. The number of carboxylic acids is 1. The van der Waals surface area contributed by atoms with Crippen LogP contribution in [0.3, 0.4) is 0 Å². The van der Waals surface area contributed by atoms with Crippen molar-refractivity contribution in [3.05, 3.63) is 35.4 Å². The van der Waals surface area contributed by atoms with Crippen LogP contribution < -0.4 is 5.32 Å². The molecule has 5 heteroatoms. The average Bonchev–Trinajstić information content (AvgIpc) is 2.26. The Hall–Kier alpha value is -2.35. The van der Waals surface area contributed by atoms with Crippen LogP contribution in [0.1, 0.15) is 15.9 Å². The first-order valence-corrected chi connectivity index (χ1v) is 4.13. The molecule has 0 unspecified atom stereocenters. The van der Waals surface area contributed by atoms with E-state index in [1.54, 1.807) is 12.1 Å². The van der Waals surface area contributed by atoms with E-state index in [0.717, 1.165) is 0 Å². The highest BCUT2D eigenvalue weighted by atomic mass is 16.4. The summed E-state index contributed by atoms with van der Waals surface area (Å²) in [5.41, 5.74) is 0.633. The Morgan fingerprint density at radius 1 is 1.47 bits per heavy atom. The molecule has 0 fully saturated rings. The van der Waals surface area contributed by atoms with Crippen molar-refractivity contribution in [3.8, 4) is 6.07 Å². The van der Waals surface area contributed by atoms with E-state index in [1.165, 1.54) is 12.1 Å². The lowest BCUT2D eigenvalue weighted by Gasteiger charge is -2.01. The van der Waals surface area contributed by atoms with Crippen LogP contribution in [-0.2, 0) is 4.79 Å². The summed E-state index contributed by atoms with van der Waals surface area (Å²) in [5.74, 6) is -1.62. The van der Waals surface area contributed by atoms with E-state index in [9.17, 15) is 9.59 Å². The Morgan fingerprint density at radius 2 is 2.20 bits per heavy atom. The zero-order chi connectivity index (χ0) is 11.3. The van der Waals surface area contributed by atoms with Crippen LogP contribution in [0, 0.1) is 11.3 Å². The monoisotopic (exact) mass is 204 g/mol. The number of benzene rings is 1. The molecule has 0 aliphatic heterocycles. The number of hydrogen-bond acceptors (Lipinski definition) is 3. The Kier molecular flexibility index (Phi) is 3.41. The van der Waals surface area contributed by atoms with Gasteiger partial charge in [0.15, 0.2) is 0 Å². The number of rotatable bonds is 3. The zero-order valence-corrected chi connectivity index (χ0v) is 7.73. The van der Waals surface area contributed by atoms with Crippen molar-refractivity contribution in [3.63, 3.8) is 0 Å². The molecule has 0 bridgehead atoms. The second kappa shape index (κ2) is 4.77. The Morgan fingerprint density at radius 3 is 2.80 bits per heavy atom. The lowest BCUT2D eigenvalue weighted by Crippen LogP contribution is -2.29. The molecule has 76 valence electrons. The fourth-order valence-corrected chi connectivity index (χ4v) is 0.988. The molecule has 5 nitrogen and oxygen atoms in total. The van der Waals surface area contributed by atoms with Crippen molar-refractivity contribution < 1.29 is 14.7 Å². The second-order valence-electron chi connectivity index (χ2n) is 2.77. The molecule has 1 amide bonds. The molecule has 2 N–H and O–H groups in total. The van der Waals surface area contributed by atoms with Gasteiger partial charge in [0.05, 0.1) is 11.6 Å². The minimum absolute atomic E-state index is 0.273. The third kappa shape index (κ3) is 3.12. The Balaban J connectivity index is 2.74. The van der Waals surface area contributed by atoms with E-state index >= 15 is 0 Å². The van der Waals surface area contributed by atoms with Crippen molar-refractivity contribution >= 4 is 11.9 Å². The number of hydrogen-bond donors (Lipinski definition) is 2. The first kappa shape index (κ1) is 10.7. The first-order chi connectivity index (χ1) is 7.13. The summed E-state index contributed by atoms with van der Waals surface area (Å²) in [5, 5.41) is 19.1. The largest absolute Gasteiger partial charge is 0.480 e. The Labute approximate surface area is 86.0 Å². The van der Waals surface area contributed by atoms with Gasteiger partial charge in [0.25, 0.3) is 5.91 Å². The van der Waals surface area contributed by atoms with E-state index in [1.807, 2.05) is 6.07 Å². The third-order valence-corrected chi connectivity index (χ3v) is 1.65. The normalized spacial score (nSPS) is 9.00. The van der Waals surface area contributed by atoms with Crippen LogP contribution in [-0.4, -0.2) is 23.5 Å². The highest BCUT2D eigenvalue weighted by Crippen LogP contribution is 2.03. The summed E-state index contributed by atoms with van der Waals surface area (Å²) in [6, 6.07) is 7.93. The molecule has 0 saturated heterocycles. The molecular weight excluding hydrogens is 196 g/mol. The van der Waals surface area contributed by atoms with Gasteiger partial charge in [-0.1, -0.05) is 6.07 Å². The van der Waals surface area contributed by atoms with Gasteiger partial charge >= 0.3 is 5.97 Å². The molecule has 0 aliphatic rings. The highest BCUT2D eigenvalue weighted by Gasteiger charge is 2.06. The van der Waals surface area contributed by atoms with Gasteiger partial charge in [-0.2, -0.15) is 5.26 Å². The molecule has 0 aliphatic carbocycles. The highest BCUT2D eigenvalue weighted by molar-refractivity contribution is 5.96. The number of nitrogens with one attached hydrogen (secondary N) is 1. The summed E-state index contributed by atoms with van der Waals surface area (Å²) in [7, 11) is 0. The van der Waals surface area contributed by atoms with Crippen LogP contribution in [0.15, 0.2) is 24.3 Å². The first-order valence-electron chi connectivity index (χ1n) is 4.13. The summed E-state index contributed by atoms with van der Waals surface area (Å²) in [6.45, 7) is -0.435. The van der Waals surface area contributed by atoms with E-state index in [2.05, 4.69) is 5.32 Å². The number of carbonyl (C=O) groups is 2. The van der Waals surface area contributed by atoms with Gasteiger partial charge in [0.1, 0.15) is 6.54 Å². The fourth-order valence-electron chi connectivity index (χ4n) is 0.988. The van der Waals surface area contributed by atoms with Crippen molar-refractivity contribution in [1.29, 1.82) is 5.26 Å². The molecular formula is C10H8N2O3. The van der Waals surface area contributed by atoms with Gasteiger partial charge in [0, 0.05) is 5.56 Å². The summed E-state index contributed by atoms with van der Waals surface area (Å²) >= 11 is 0. The maximum Gasteiger partial charge on any atom is 0.322 e. The standard InChI is InChI=1S/C10H8N2O3/c11-5-7-2-1-3-8(4-7)10(15)12-6-9(13)14/h1-4H,6H2,(H,12,15)(H,13,14). The Bertz CT molecular complexity index is 435. The zero-order valence-electron chi connectivity index (χ0n) is 7.73. The van der Waals surface area contributed by atoms with Crippen molar-refractivity contribution in [2.24, 2.45) is 0 Å². The minimum atomic E-state index is -1.11.